The van der Waals surface area contributed by atoms with Crippen LogP contribution in [0.25, 0.3) is 10.9 Å². The summed E-state index contributed by atoms with van der Waals surface area (Å²) in [7, 11) is 1.86. The van der Waals surface area contributed by atoms with E-state index in [1.165, 1.54) is 0 Å². The Hall–Kier alpha value is -2.05. The van der Waals surface area contributed by atoms with Gasteiger partial charge in [-0.3, -0.25) is 4.79 Å². The van der Waals surface area contributed by atoms with Crippen molar-refractivity contribution in [2.45, 2.75) is 0 Å². The number of H-pyrrole nitrogens is 1. The van der Waals surface area contributed by atoms with Crippen molar-refractivity contribution < 1.29 is 4.79 Å². The van der Waals surface area contributed by atoms with E-state index in [0.29, 0.717) is 12.1 Å². The molecule has 0 saturated carbocycles. The van der Waals surface area contributed by atoms with E-state index >= 15 is 0 Å². The Kier molecular flexibility index (Phi) is 3.04. The summed E-state index contributed by atoms with van der Waals surface area (Å²) in [5.74, 6) is 6.04. The van der Waals surface area contributed by atoms with Crippen LogP contribution >= 0.6 is 0 Å². The van der Waals surface area contributed by atoms with Crippen LogP contribution in [0.3, 0.4) is 0 Å². The first-order chi connectivity index (χ1) is 7.85. The lowest BCUT2D eigenvalue weighted by Gasteiger charge is -1.93. The molecule has 0 saturated heterocycles. The molecule has 1 aromatic carbocycles. The van der Waals surface area contributed by atoms with Crippen LogP contribution in [0.2, 0.25) is 0 Å². The van der Waals surface area contributed by atoms with Gasteiger partial charge < -0.3 is 10.3 Å². The number of aromatic nitrogens is 1. The molecule has 3 heteroatoms. The molecule has 0 spiro atoms. The van der Waals surface area contributed by atoms with Gasteiger partial charge in [0, 0.05) is 28.2 Å². The number of nitrogens with one attached hydrogen (secondary N) is 2. The van der Waals surface area contributed by atoms with E-state index in [9.17, 15) is 4.79 Å². The second-order valence-electron chi connectivity index (χ2n) is 3.45. The van der Waals surface area contributed by atoms with Gasteiger partial charge in [0.2, 0.25) is 0 Å². The smallest absolute Gasteiger partial charge is 0.152 e. The van der Waals surface area contributed by atoms with Gasteiger partial charge in [0.15, 0.2) is 6.29 Å². The Bertz CT molecular complexity index is 572. The lowest BCUT2D eigenvalue weighted by Crippen LogP contribution is -2.04. The first-order valence-corrected chi connectivity index (χ1v) is 5.05. The molecule has 0 amide bonds. The summed E-state index contributed by atoms with van der Waals surface area (Å²) in [6.45, 7) is 0.669. The first kappa shape index (κ1) is 10.5. The zero-order valence-corrected chi connectivity index (χ0v) is 9.00. The molecule has 2 rings (SSSR count). The number of hydrogen-bond donors (Lipinski definition) is 2. The van der Waals surface area contributed by atoms with Crippen molar-refractivity contribution >= 4 is 17.2 Å². The minimum Gasteiger partial charge on any atom is -0.360 e. The molecule has 0 radical (unpaired) electrons. The predicted molar refractivity (Wildman–Crippen MR) is 64.5 cm³/mol. The Balaban J connectivity index is 2.39. The van der Waals surface area contributed by atoms with Crippen LogP contribution in [-0.2, 0) is 0 Å². The predicted octanol–water partition coefficient (Wildman–Crippen LogP) is 1.55. The Labute approximate surface area is 93.9 Å². The van der Waals surface area contributed by atoms with Gasteiger partial charge in [-0.05, 0) is 19.2 Å². The molecule has 80 valence electrons. The highest BCUT2D eigenvalue weighted by atomic mass is 16.1. The zero-order valence-electron chi connectivity index (χ0n) is 9.00. The molecule has 1 aromatic heterocycles. The number of rotatable bonds is 2. The molecule has 16 heavy (non-hydrogen) atoms. The summed E-state index contributed by atoms with van der Waals surface area (Å²) in [4.78, 5) is 13.8. The molecular formula is C13H12N2O. The van der Waals surface area contributed by atoms with Crippen LogP contribution in [0, 0.1) is 11.8 Å². The van der Waals surface area contributed by atoms with Crippen LogP contribution in [0.4, 0.5) is 0 Å². The van der Waals surface area contributed by atoms with Crippen LogP contribution in [0.5, 0.6) is 0 Å². The van der Waals surface area contributed by atoms with Crippen molar-refractivity contribution in [3.05, 3.63) is 35.5 Å². The van der Waals surface area contributed by atoms with E-state index in [1.807, 2.05) is 25.2 Å². The molecule has 0 fully saturated rings. The van der Waals surface area contributed by atoms with Gasteiger partial charge in [-0.2, -0.15) is 0 Å². The lowest BCUT2D eigenvalue weighted by atomic mass is 10.1. The normalized spacial score (nSPS) is 9.81. The van der Waals surface area contributed by atoms with E-state index in [-0.39, 0.29) is 0 Å². The topological polar surface area (TPSA) is 44.9 Å². The summed E-state index contributed by atoms with van der Waals surface area (Å²) in [5.41, 5.74) is 2.57. The quantitative estimate of drug-likeness (QED) is 0.586. The van der Waals surface area contributed by atoms with Gasteiger partial charge in [-0.15, -0.1) is 0 Å². The maximum absolute atomic E-state index is 10.7. The van der Waals surface area contributed by atoms with Crippen molar-refractivity contribution in [1.29, 1.82) is 0 Å². The van der Waals surface area contributed by atoms with Gasteiger partial charge in [0.1, 0.15) is 0 Å². The maximum Gasteiger partial charge on any atom is 0.152 e. The Morgan fingerprint density at radius 1 is 1.50 bits per heavy atom. The Morgan fingerprint density at radius 3 is 3.12 bits per heavy atom. The highest BCUT2D eigenvalue weighted by molar-refractivity contribution is 5.97. The average molecular weight is 212 g/mol. The summed E-state index contributed by atoms with van der Waals surface area (Å²) < 4.78 is 0. The molecule has 2 N–H and O–H groups in total. The van der Waals surface area contributed by atoms with Gasteiger partial charge in [-0.1, -0.05) is 17.9 Å². The second-order valence-corrected chi connectivity index (χ2v) is 3.45. The third-order valence-corrected chi connectivity index (χ3v) is 2.34. The third kappa shape index (κ3) is 1.97. The third-order valence-electron chi connectivity index (χ3n) is 2.34. The first-order valence-electron chi connectivity index (χ1n) is 5.05. The molecule has 0 aliphatic carbocycles. The number of carbonyl (C=O) groups excluding carboxylic acids is 1. The summed E-state index contributed by atoms with van der Waals surface area (Å²) >= 11 is 0. The lowest BCUT2D eigenvalue weighted by molar-refractivity contribution is 0.112. The Morgan fingerprint density at radius 2 is 2.38 bits per heavy atom. The molecule has 1 heterocycles. The number of fused-ring (bicyclic) bond motifs is 1. The molecular weight excluding hydrogens is 200 g/mol. The molecule has 2 aromatic rings. The molecule has 0 bridgehead atoms. The van der Waals surface area contributed by atoms with Gasteiger partial charge in [-0.25, -0.2) is 0 Å². The van der Waals surface area contributed by atoms with Crippen LogP contribution < -0.4 is 5.32 Å². The molecule has 0 atom stereocenters. The van der Waals surface area contributed by atoms with Gasteiger partial charge in [0.25, 0.3) is 0 Å². The number of benzene rings is 1. The van der Waals surface area contributed by atoms with Crippen molar-refractivity contribution in [2.24, 2.45) is 0 Å². The summed E-state index contributed by atoms with van der Waals surface area (Å²) in [5, 5.41) is 3.90. The molecule has 0 unspecified atom stereocenters. The van der Waals surface area contributed by atoms with E-state index in [2.05, 4.69) is 22.1 Å². The average Bonchev–Trinajstić information content (AvgIpc) is 2.71. The fraction of sp³-hybridized carbons (Fsp3) is 0.154. The fourth-order valence-electron chi connectivity index (χ4n) is 1.56. The number of aldehydes is 1. The summed E-state index contributed by atoms with van der Waals surface area (Å²) in [6.07, 6.45) is 2.56. The van der Waals surface area contributed by atoms with Gasteiger partial charge >= 0.3 is 0 Å². The summed E-state index contributed by atoms with van der Waals surface area (Å²) in [6, 6.07) is 5.79. The fourth-order valence-corrected chi connectivity index (χ4v) is 1.56. The van der Waals surface area contributed by atoms with Crippen molar-refractivity contribution in [3.8, 4) is 11.8 Å². The second kappa shape index (κ2) is 4.65. The number of aromatic amines is 1. The number of hydrogen-bond acceptors (Lipinski definition) is 2. The standard InChI is InChI=1S/C13H12N2O/c1-14-6-2-3-10-4-5-12-11(9-16)8-15-13(12)7-10/h4-5,7-9,14-15H,6H2,1H3. The molecule has 0 aliphatic rings. The van der Waals surface area contributed by atoms with Crippen LogP contribution in [0.15, 0.2) is 24.4 Å². The van der Waals surface area contributed by atoms with Crippen LogP contribution in [0.1, 0.15) is 15.9 Å². The van der Waals surface area contributed by atoms with E-state index in [1.54, 1.807) is 6.20 Å². The van der Waals surface area contributed by atoms with Crippen molar-refractivity contribution in [3.63, 3.8) is 0 Å². The molecule has 3 nitrogen and oxygen atoms in total. The highest BCUT2D eigenvalue weighted by Crippen LogP contribution is 2.17. The van der Waals surface area contributed by atoms with Crippen molar-refractivity contribution in [2.75, 3.05) is 13.6 Å². The van der Waals surface area contributed by atoms with Crippen LogP contribution in [-0.4, -0.2) is 24.9 Å². The van der Waals surface area contributed by atoms with E-state index in [0.717, 1.165) is 22.8 Å². The largest absolute Gasteiger partial charge is 0.360 e. The highest BCUT2D eigenvalue weighted by Gasteiger charge is 2.01. The molecule has 0 aliphatic heterocycles. The maximum atomic E-state index is 10.7. The van der Waals surface area contributed by atoms with E-state index in [4.69, 9.17) is 0 Å². The number of carbonyl (C=O) groups is 1. The van der Waals surface area contributed by atoms with Gasteiger partial charge in [0.05, 0.1) is 6.54 Å². The monoisotopic (exact) mass is 212 g/mol. The zero-order chi connectivity index (χ0) is 11.4. The van der Waals surface area contributed by atoms with Crippen molar-refractivity contribution in [1.82, 2.24) is 10.3 Å². The minimum atomic E-state index is 0.669. The van der Waals surface area contributed by atoms with E-state index < -0.39 is 0 Å². The minimum absolute atomic E-state index is 0.669. The SMILES string of the molecule is CNCC#Cc1ccc2c(C=O)c[nH]c2c1.